The number of ether oxygens (including phenoxy) is 1. The molecule has 27 heavy (non-hydrogen) atoms. The number of nitrogens with zero attached hydrogens (tertiary/aromatic N) is 3. The van der Waals surface area contributed by atoms with Gasteiger partial charge >= 0.3 is 0 Å². The molecule has 1 fully saturated rings. The van der Waals surface area contributed by atoms with Crippen molar-refractivity contribution >= 4 is 11.6 Å². The highest BCUT2D eigenvalue weighted by Gasteiger charge is 2.41. The van der Waals surface area contributed by atoms with Gasteiger partial charge in [-0.1, -0.05) is 35.9 Å². The molecule has 1 aliphatic heterocycles. The van der Waals surface area contributed by atoms with Crippen LogP contribution < -0.4 is 5.32 Å². The second kappa shape index (κ2) is 7.48. The normalized spacial score (nSPS) is 16.3. The highest BCUT2D eigenvalue weighted by Crippen LogP contribution is 2.35. The molecule has 6 nitrogen and oxygen atoms in total. The van der Waals surface area contributed by atoms with E-state index < -0.39 is 5.41 Å². The highest BCUT2D eigenvalue weighted by molar-refractivity contribution is 5.88. The molecule has 4 rings (SSSR count). The minimum Gasteiger partial charge on any atom is -0.381 e. The number of hydrogen-bond donors (Lipinski definition) is 1. The number of aromatic nitrogens is 3. The van der Waals surface area contributed by atoms with E-state index in [4.69, 9.17) is 4.74 Å². The lowest BCUT2D eigenvalue weighted by Gasteiger charge is -2.36. The maximum atomic E-state index is 13.2. The quantitative estimate of drug-likeness (QED) is 0.755. The van der Waals surface area contributed by atoms with Crippen LogP contribution in [0.25, 0.3) is 5.65 Å². The standard InChI is InChI=1S/C21H24N4O2/c1-16-5-7-17(8-6-16)21(10-14-27-15-11-21)20(26)22-12-9-19-24-23-18-4-2-3-13-25(18)19/h2-8,13H,9-12,14-15H2,1H3,(H,22,26). The number of benzene rings is 1. The van der Waals surface area contributed by atoms with Crippen molar-refractivity contribution in [3.8, 4) is 0 Å². The number of pyridine rings is 1. The van der Waals surface area contributed by atoms with E-state index in [2.05, 4.69) is 46.7 Å². The van der Waals surface area contributed by atoms with Crippen molar-refractivity contribution in [2.75, 3.05) is 19.8 Å². The lowest BCUT2D eigenvalue weighted by molar-refractivity contribution is -0.130. The molecule has 3 aromatic rings. The predicted octanol–water partition coefficient (Wildman–Crippen LogP) is 2.44. The molecule has 1 N–H and O–H groups in total. The molecule has 0 saturated carbocycles. The summed E-state index contributed by atoms with van der Waals surface area (Å²) in [4.78, 5) is 13.2. The van der Waals surface area contributed by atoms with E-state index >= 15 is 0 Å². The number of carbonyl (C=O) groups is 1. The summed E-state index contributed by atoms with van der Waals surface area (Å²) >= 11 is 0. The molecular formula is C21H24N4O2. The number of fused-ring (bicyclic) bond motifs is 1. The van der Waals surface area contributed by atoms with E-state index in [1.807, 2.05) is 28.8 Å². The Labute approximate surface area is 158 Å². The smallest absolute Gasteiger partial charge is 0.230 e. The van der Waals surface area contributed by atoms with Crippen molar-refractivity contribution in [1.82, 2.24) is 19.9 Å². The van der Waals surface area contributed by atoms with E-state index in [0.717, 1.165) is 17.0 Å². The molecule has 0 aliphatic carbocycles. The lowest BCUT2D eigenvalue weighted by Crippen LogP contribution is -2.48. The summed E-state index contributed by atoms with van der Waals surface area (Å²) in [7, 11) is 0. The van der Waals surface area contributed by atoms with Crippen LogP contribution >= 0.6 is 0 Å². The number of hydrogen-bond acceptors (Lipinski definition) is 4. The first-order valence-electron chi connectivity index (χ1n) is 9.41. The van der Waals surface area contributed by atoms with Crippen molar-refractivity contribution in [1.29, 1.82) is 0 Å². The molecule has 1 aromatic carbocycles. The molecule has 0 unspecified atom stereocenters. The first-order chi connectivity index (χ1) is 13.2. The average molecular weight is 364 g/mol. The van der Waals surface area contributed by atoms with Crippen LogP contribution in [0.3, 0.4) is 0 Å². The zero-order valence-corrected chi connectivity index (χ0v) is 15.5. The fourth-order valence-electron chi connectivity index (χ4n) is 3.76. The minimum absolute atomic E-state index is 0.0727. The molecule has 2 aromatic heterocycles. The van der Waals surface area contributed by atoms with Gasteiger partial charge in [-0.15, -0.1) is 10.2 Å². The molecule has 140 valence electrons. The third-order valence-corrected chi connectivity index (χ3v) is 5.40. The number of nitrogens with one attached hydrogen (secondary N) is 1. The second-order valence-electron chi connectivity index (χ2n) is 7.11. The van der Waals surface area contributed by atoms with Crippen LogP contribution in [-0.4, -0.2) is 40.3 Å². The Morgan fingerprint density at radius 2 is 1.93 bits per heavy atom. The molecule has 3 heterocycles. The number of carbonyl (C=O) groups excluding carboxylic acids is 1. The van der Waals surface area contributed by atoms with Gasteiger partial charge < -0.3 is 10.1 Å². The van der Waals surface area contributed by atoms with Crippen LogP contribution in [0.1, 0.15) is 29.8 Å². The number of aryl methyl sites for hydroxylation is 1. The Hall–Kier alpha value is -2.73. The average Bonchev–Trinajstić information content (AvgIpc) is 3.12. The van der Waals surface area contributed by atoms with Gasteiger partial charge in [0.2, 0.25) is 5.91 Å². The van der Waals surface area contributed by atoms with Gasteiger partial charge in [0.15, 0.2) is 5.65 Å². The maximum Gasteiger partial charge on any atom is 0.230 e. The Morgan fingerprint density at radius 1 is 1.15 bits per heavy atom. The zero-order chi connectivity index (χ0) is 18.7. The van der Waals surface area contributed by atoms with Crippen molar-refractivity contribution in [2.24, 2.45) is 0 Å². The van der Waals surface area contributed by atoms with Gasteiger partial charge in [-0.3, -0.25) is 9.20 Å². The topological polar surface area (TPSA) is 68.5 Å². The van der Waals surface area contributed by atoms with Crippen LogP contribution in [0.15, 0.2) is 48.7 Å². The minimum atomic E-state index is -0.515. The molecular weight excluding hydrogens is 340 g/mol. The van der Waals surface area contributed by atoms with Gasteiger partial charge in [-0.05, 0) is 37.5 Å². The Bertz CT molecular complexity index is 927. The van der Waals surface area contributed by atoms with E-state index in [1.165, 1.54) is 5.56 Å². The van der Waals surface area contributed by atoms with Gasteiger partial charge in [0.05, 0.1) is 5.41 Å². The third kappa shape index (κ3) is 3.45. The SMILES string of the molecule is Cc1ccc(C2(C(=O)NCCc3nnc4ccccn34)CCOCC2)cc1. The predicted molar refractivity (Wildman–Crippen MR) is 103 cm³/mol. The van der Waals surface area contributed by atoms with Crippen molar-refractivity contribution < 1.29 is 9.53 Å². The van der Waals surface area contributed by atoms with E-state index in [0.29, 0.717) is 39.0 Å². The fourth-order valence-corrected chi connectivity index (χ4v) is 3.76. The largest absolute Gasteiger partial charge is 0.381 e. The van der Waals surface area contributed by atoms with Crippen LogP contribution in [-0.2, 0) is 21.4 Å². The molecule has 0 radical (unpaired) electrons. The zero-order valence-electron chi connectivity index (χ0n) is 15.5. The summed E-state index contributed by atoms with van der Waals surface area (Å²) in [5.41, 5.74) is 2.57. The van der Waals surface area contributed by atoms with E-state index in [-0.39, 0.29) is 5.91 Å². The van der Waals surface area contributed by atoms with Crippen LogP contribution in [0, 0.1) is 6.92 Å². The first kappa shape index (κ1) is 17.7. The third-order valence-electron chi connectivity index (χ3n) is 5.40. The molecule has 0 atom stereocenters. The molecule has 1 amide bonds. The van der Waals surface area contributed by atoms with Crippen LogP contribution in [0.2, 0.25) is 0 Å². The number of amides is 1. The molecule has 1 saturated heterocycles. The molecule has 6 heteroatoms. The van der Waals surface area contributed by atoms with Crippen molar-refractivity contribution in [2.45, 2.75) is 31.6 Å². The van der Waals surface area contributed by atoms with E-state index in [9.17, 15) is 4.79 Å². The van der Waals surface area contributed by atoms with Crippen LogP contribution in [0.4, 0.5) is 0 Å². The van der Waals surface area contributed by atoms with Gasteiger partial charge in [-0.2, -0.15) is 0 Å². The first-order valence-corrected chi connectivity index (χ1v) is 9.41. The summed E-state index contributed by atoms with van der Waals surface area (Å²) in [6.45, 7) is 3.80. The molecule has 0 bridgehead atoms. The number of rotatable bonds is 5. The van der Waals surface area contributed by atoms with Crippen molar-refractivity contribution in [3.63, 3.8) is 0 Å². The maximum absolute atomic E-state index is 13.2. The van der Waals surface area contributed by atoms with Gasteiger partial charge in [0, 0.05) is 32.4 Å². The molecule has 0 spiro atoms. The second-order valence-corrected chi connectivity index (χ2v) is 7.11. The fraction of sp³-hybridized carbons (Fsp3) is 0.381. The van der Waals surface area contributed by atoms with Gasteiger partial charge in [0.1, 0.15) is 5.82 Å². The Kier molecular flexibility index (Phi) is 4.90. The summed E-state index contributed by atoms with van der Waals surface area (Å²) in [6.07, 6.45) is 3.99. The highest BCUT2D eigenvalue weighted by atomic mass is 16.5. The summed E-state index contributed by atoms with van der Waals surface area (Å²) in [5, 5.41) is 11.5. The summed E-state index contributed by atoms with van der Waals surface area (Å²) < 4.78 is 7.48. The van der Waals surface area contributed by atoms with Gasteiger partial charge in [-0.25, -0.2) is 0 Å². The Balaban J connectivity index is 1.48. The summed E-state index contributed by atoms with van der Waals surface area (Å²) in [5.74, 6) is 0.922. The monoisotopic (exact) mass is 364 g/mol. The van der Waals surface area contributed by atoms with Crippen molar-refractivity contribution in [3.05, 3.63) is 65.6 Å². The van der Waals surface area contributed by atoms with E-state index in [1.54, 1.807) is 0 Å². The van der Waals surface area contributed by atoms with Gasteiger partial charge in [0.25, 0.3) is 0 Å². The summed E-state index contributed by atoms with van der Waals surface area (Å²) in [6, 6.07) is 14.1. The molecule has 1 aliphatic rings. The Morgan fingerprint density at radius 3 is 2.70 bits per heavy atom. The van der Waals surface area contributed by atoms with Crippen LogP contribution in [0.5, 0.6) is 0 Å². The lowest BCUT2D eigenvalue weighted by atomic mass is 9.73.